The summed E-state index contributed by atoms with van der Waals surface area (Å²) >= 11 is 12.2. The van der Waals surface area contributed by atoms with E-state index in [1.807, 2.05) is 36.4 Å². The van der Waals surface area contributed by atoms with E-state index in [0.29, 0.717) is 0 Å². The molecule has 0 aliphatic heterocycles. The Balaban J connectivity index is 1.95. The molecule has 0 amide bonds. The van der Waals surface area contributed by atoms with Gasteiger partial charge in [-0.05, 0) is 24.3 Å². The minimum absolute atomic E-state index is 0.717. The van der Waals surface area contributed by atoms with Crippen LogP contribution in [0.25, 0.3) is 0 Å². The summed E-state index contributed by atoms with van der Waals surface area (Å²) in [5.74, 6) is 0. The molecule has 0 spiro atoms. The van der Waals surface area contributed by atoms with Crippen molar-refractivity contribution in [1.82, 2.24) is 4.98 Å². The summed E-state index contributed by atoms with van der Waals surface area (Å²) in [4.78, 5) is 4.26. The zero-order valence-corrected chi connectivity index (χ0v) is 10.7. The van der Waals surface area contributed by atoms with Crippen molar-refractivity contribution in [2.45, 2.75) is 13.1 Å². The zero-order chi connectivity index (χ0) is 12.1. The number of aromatic nitrogens is 1. The molecule has 1 heterocycles. The van der Waals surface area contributed by atoms with Gasteiger partial charge in [-0.25, -0.2) is 0 Å². The van der Waals surface area contributed by atoms with E-state index in [-0.39, 0.29) is 0 Å². The minimum Gasteiger partial charge on any atom is -0.337 e. The molecule has 4 heteroatoms. The summed E-state index contributed by atoms with van der Waals surface area (Å²) in [7, 11) is 0. The first kappa shape index (κ1) is 12.4. The average molecular weight is 268 g/mol. The van der Waals surface area contributed by atoms with Crippen LogP contribution < -0.4 is 5.32 Å². The fraction of sp³-hybridized carbons (Fsp3) is 0.154. The van der Waals surface area contributed by atoms with Crippen LogP contribution in [0.1, 0.15) is 11.3 Å². The molecule has 2 rings (SSSR count). The average Bonchev–Trinajstić information content (AvgIpc) is 2.34. The fourth-order valence-corrected chi connectivity index (χ4v) is 2.16. The van der Waals surface area contributed by atoms with Crippen molar-refractivity contribution in [3.63, 3.8) is 0 Å². The van der Waals surface area contributed by atoms with Crippen molar-refractivity contribution >= 4 is 23.2 Å². The number of nitrogens with two attached hydrogens (primary N) is 1. The van der Waals surface area contributed by atoms with E-state index in [1.54, 1.807) is 6.20 Å². The summed E-state index contributed by atoms with van der Waals surface area (Å²) in [6, 6.07) is 11.5. The molecule has 0 unspecified atom stereocenters. The lowest BCUT2D eigenvalue weighted by atomic mass is 10.2. The molecule has 1 aromatic heterocycles. The molecular formula is C13H13Cl2N2+. The molecule has 1 aromatic carbocycles. The van der Waals surface area contributed by atoms with Crippen LogP contribution in [-0.4, -0.2) is 4.98 Å². The monoisotopic (exact) mass is 267 g/mol. The van der Waals surface area contributed by atoms with Gasteiger partial charge < -0.3 is 5.32 Å². The zero-order valence-electron chi connectivity index (χ0n) is 9.24. The molecule has 0 saturated heterocycles. The molecule has 2 N–H and O–H groups in total. The normalized spacial score (nSPS) is 10.5. The van der Waals surface area contributed by atoms with E-state index in [4.69, 9.17) is 23.2 Å². The van der Waals surface area contributed by atoms with Crippen LogP contribution in [0.2, 0.25) is 10.0 Å². The molecule has 0 radical (unpaired) electrons. The van der Waals surface area contributed by atoms with Gasteiger partial charge in [0.25, 0.3) is 0 Å². The highest BCUT2D eigenvalue weighted by Gasteiger charge is 2.07. The molecule has 0 fully saturated rings. The maximum atomic E-state index is 6.09. The van der Waals surface area contributed by atoms with Gasteiger partial charge >= 0.3 is 0 Å². The number of rotatable bonds is 4. The second-order valence-electron chi connectivity index (χ2n) is 3.72. The number of benzene rings is 1. The maximum absolute atomic E-state index is 6.09. The first-order chi connectivity index (χ1) is 8.27. The molecule has 17 heavy (non-hydrogen) atoms. The Morgan fingerprint density at radius 1 is 0.941 bits per heavy atom. The third-order valence-corrected chi connectivity index (χ3v) is 3.20. The van der Waals surface area contributed by atoms with Crippen molar-refractivity contribution in [2.75, 3.05) is 0 Å². The van der Waals surface area contributed by atoms with Crippen molar-refractivity contribution in [3.05, 3.63) is 63.9 Å². The molecule has 0 aliphatic rings. The van der Waals surface area contributed by atoms with Crippen LogP contribution in [0.15, 0.2) is 42.6 Å². The van der Waals surface area contributed by atoms with E-state index in [2.05, 4.69) is 10.3 Å². The summed E-state index contributed by atoms with van der Waals surface area (Å²) in [6.07, 6.45) is 1.80. The standard InChI is InChI=1S/C13H12Cl2N2/c14-12-5-3-6-13(15)11(12)9-16-8-10-4-1-2-7-17-10/h1-7,16H,8-9H2/p+1. The Labute approximate surface area is 111 Å². The Morgan fingerprint density at radius 3 is 2.35 bits per heavy atom. The van der Waals surface area contributed by atoms with Crippen LogP contribution in [0.3, 0.4) is 0 Å². The van der Waals surface area contributed by atoms with E-state index in [9.17, 15) is 0 Å². The van der Waals surface area contributed by atoms with Crippen molar-refractivity contribution < 1.29 is 5.32 Å². The van der Waals surface area contributed by atoms with Crippen molar-refractivity contribution in [3.8, 4) is 0 Å². The lowest BCUT2D eigenvalue weighted by Crippen LogP contribution is -2.81. The lowest BCUT2D eigenvalue weighted by Gasteiger charge is -2.05. The number of halogens is 2. The number of hydrogen-bond acceptors (Lipinski definition) is 1. The van der Waals surface area contributed by atoms with Gasteiger partial charge in [0.05, 0.1) is 15.7 Å². The van der Waals surface area contributed by atoms with E-state index in [0.717, 1.165) is 34.4 Å². The van der Waals surface area contributed by atoms with E-state index < -0.39 is 0 Å². The molecule has 0 atom stereocenters. The predicted octanol–water partition coefficient (Wildman–Crippen LogP) is 2.65. The number of pyridine rings is 1. The highest BCUT2D eigenvalue weighted by atomic mass is 35.5. The summed E-state index contributed by atoms with van der Waals surface area (Å²) in [6.45, 7) is 1.58. The molecular weight excluding hydrogens is 255 g/mol. The van der Waals surface area contributed by atoms with E-state index >= 15 is 0 Å². The van der Waals surface area contributed by atoms with Crippen LogP contribution in [0.5, 0.6) is 0 Å². The van der Waals surface area contributed by atoms with Crippen LogP contribution in [0.4, 0.5) is 0 Å². The summed E-state index contributed by atoms with van der Waals surface area (Å²) in [5.41, 5.74) is 2.03. The number of quaternary nitrogens is 1. The fourth-order valence-electron chi connectivity index (χ4n) is 1.61. The Morgan fingerprint density at radius 2 is 1.71 bits per heavy atom. The molecule has 2 nitrogen and oxygen atoms in total. The smallest absolute Gasteiger partial charge is 0.119 e. The molecule has 88 valence electrons. The highest BCUT2D eigenvalue weighted by Crippen LogP contribution is 2.22. The first-order valence-corrected chi connectivity index (χ1v) is 6.17. The van der Waals surface area contributed by atoms with Gasteiger partial charge in [-0.2, -0.15) is 0 Å². The summed E-state index contributed by atoms with van der Waals surface area (Å²) < 4.78 is 0. The second-order valence-corrected chi connectivity index (χ2v) is 4.53. The molecule has 2 aromatic rings. The molecule has 0 bridgehead atoms. The third-order valence-electron chi connectivity index (χ3n) is 2.49. The van der Waals surface area contributed by atoms with Crippen molar-refractivity contribution in [2.24, 2.45) is 0 Å². The van der Waals surface area contributed by atoms with Gasteiger partial charge in [-0.1, -0.05) is 35.3 Å². The van der Waals surface area contributed by atoms with Crippen LogP contribution in [-0.2, 0) is 13.1 Å². The Bertz CT molecular complexity index is 466. The third kappa shape index (κ3) is 3.43. The summed E-state index contributed by atoms with van der Waals surface area (Å²) in [5, 5.41) is 3.57. The largest absolute Gasteiger partial charge is 0.337 e. The molecule has 0 aliphatic carbocycles. The van der Waals surface area contributed by atoms with Gasteiger partial charge in [0.2, 0.25) is 0 Å². The van der Waals surface area contributed by atoms with Crippen molar-refractivity contribution in [1.29, 1.82) is 0 Å². The minimum atomic E-state index is 0.717. The first-order valence-electron chi connectivity index (χ1n) is 5.42. The van der Waals surface area contributed by atoms with Gasteiger partial charge in [0.15, 0.2) is 0 Å². The van der Waals surface area contributed by atoms with E-state index in [1.165, 1.54) is 0 Å². The maximum Gasteiger partial charge on any atom is 0.119 e. The Kier molecular flexibility index (Phi) is 4.37. The Hall–Kier alpha value is -1.09. The SMILES string of the molecule is Clc1cccc(Cl)c1C[NH2+]Cc1ccccn1. The highest BCUT2D eigenvalue weighted by molar-refractivity contribution is 6.35. The number of hydrogen-bond donors (Lipinski definition) is 1. The van der Waals surface area contributed by atoms with Gasteiger partial charge in [0.1, 0.15) is 13.1 Å². The molecule has 0 saturated carbocycles. The van der Waals surface area contributed by atoms with Gasteiger partial charge in [0, 0.05) is 11.8 Å². The second kappa shape index (κ2) is 6.01. The lowest BCUT2D eigenvalue weighted by molar-refractivity contribution is -0.686. The quantitative estimate of drug-likeness (QED) is 0.907. The van der Waals surface area contributed by atoms with Crippen LogP contribution in [0, 0.1) is 0 Å². The number of nitrogens with zero attached hydrogens (tertiary/aromatic N) is 1. The van der Waals surface area contributed by atoms with Gasteiger partial charge in [-0.3, -0.25) is 4.98 Å². The topological polar surface area (TPSA) is 29.5 Å². The van der Waals surface area contributed by atoms with Crippen LogP contribution >= 0.6 is 23.2 Å². The van der Waals surface area contributed by atoms with Gasteiger partial charge in [-0.15, -0.1) is 0 Å². The predicted molar refractivity (Wildman–Crippen MR) is 70.0 cm³/mol.